The number of carbonyl (C=O) groups is 1. The van der Waals surface area contributed by atoms with Crippen LogP contribution in [-0.2, 0) is 11.3 Å². The molecule has 0 radical (unpaired) electrons. The number of pyridine rings is 1. The zero-order valence-corrected chi connectivity index (χ0v) is 13.5. The Morgan fingerprint density at radius 2 is 1.88 bits per heavy atom. The Morgan fingerprint density at radius 1 is 1.12 bits per heavy atom. The van der Waals surface area contributed by atoms with E-state index in [1.54, 1.807) is 24.5 Å². The van der Waals surface area contributed by atoms with Gasteiger partial charge >= 0.3 is 0 Å². The van der Waals surface area contributed by atoms with Crippen LogP contribution in [-0.4, -0.2) is 48.5 Å². The molecule has 1 aliphatic heterocycles. The second kappa shape index (κ2) is 7.88. The van der Waals surface area contributed by atoms with Crippen molar-refractivity contribution in [3.8, 4) is 0 Å². The predicted octanol–water partition coefficient (Wildman–Crippen LogP) is 1.66. The van der Waals surface area contributed by atoms with E-state index in [0.717, 1.165) is 37.4 Å². The zero-order chi connectivity index (χ0) is 16.8. The van der Waals surface area contributed by atoms with E-state index in [9.17, 15) is 9.18 Å². The van der Waals surface area contributed by atoms with Crippen molar-refractivity contribution >= 4 is 11.6 Å². The molecule has 0 unspecified atom stereocenters. The maximum absolute atomic E-state index is 13.0. The minimum absolute atomic E-state index is 0.0223. The smallest absolute Gasteiger partial charge is 0.234 e. The molecule has 1 amide bonds. The highest BCUT2D eigenvalue weighted by Crippen LogP contribution is 2.16. The largest absolute Gasteiger partial charge is 0.369 e. The van der Waals surface area contributed by atoms with Gasteiger partial charge in [-0.05, 0) is 35.9 Å². The van der Waals surface area contributed by atoms with E-state index >= 15 is 0 Å². The third-order valence-electron chi connectivity index (χ3n) is 4.14. The van der Waals surface area contributed by atoms with Gasteiger partial charge in [0, 0.05) is 50.8 Å². The SMILES string of the molecule is O=C(CN1CCN(c2ccc(F)cc2)CC1)NCc1cccnc1. The van der Waals surface area contributed by atoms with Crippen molar-refractivity contribution in [2.45, 2.75) is 6.54 Å². The quantitative estimate of drug-likeness (QED) is 0.907. The number of rotatable bonds is 5. The molecule has 0 atom stereocenters. The molecule has 0 bridgehead atoms. The molecule has 5 nitrogen and oxygen atoms in total. The van der Waals surface area contributed by atoms with Gasteiger partial charge in [0.05, 0.1) is 6.54 Å². The van der Waals surface area contributed by atoms with Crippen LogP contribution in [0.3, 0.4) is 0 Å². The number of nitrogens with zero attached hydrogens (tertiary/aromatic N) is 3. The summed E-state index contributed by atoms with van der Waals surface area (Å²) < 4.78 is 13.0. The molecule has 2 heterocycles. The number of aromatic nitrogens is 1. The Labute approximate surface area is 141 Å². The van der Waals surface area contributed by atoms with E-state index in [-0.39, 0.29) is 11.7 Å². The van der Waals surface area contributed by atoms with Gasteiger partial charge in [-0.2, -0.15) is 0 Å². The van der Waals surface area contributed by atoms with Gasteiger partial charge in [-0.25, -0.2) is 4.39 Å². The maximum atomic E-state index is 13.0. The summed E-state index contributed by atoms with van der Waals surface area (Å²) in [5, 5.41) is 2.92. The van der Waals surface area contributed by atoms with E-state index in [4.69, 9.17) is 0 Å². The predicted molar refractivity (Wildman–Crippen MR) is 91.1 cm³/mol. The molecule has 1 aromatic heterocycles. The Bertz CT molecular complexity index is 654. The first-order valence-electron chi connectivity index (χ1n) is 8.09. The van der Waals surface area contributed by atoms with Crippen molar-refractivity contribution in [2.24, 2.45) is 0 Å². The summed E-state index contributed by atoms with van der Waals surface area (Å²) in [6.07, 6.45) is 3.47. The van der Waals surface area contributed by atoms with Gasteiger partial charge in [-0.3, -0.25) is 14.7 Å². The average molecular weight is 328 g/mol. The van der Waals surface area contributed by atoms with Crippen molar-refractivity contribution < 1.29 is 9.18 Å². The molecule has 126 valence electrons. The molecule has 0 saturated carbocycles. The lowest BCUT2D eigenvalue weighted by atomic mass is 10.2. The Balaban J connectivity index is 1.41. The van der Waals surface area contributed by atoms with Crippen LogP contribution in [0.2, 0.25) is 0 Å². The molecule has 6 heteroatoms. The van der Waals surface area contributed by atoms with Crippen molar-refractivity contribution in [3.05, 3.63) is 60.2 Å². The first-order valence-corrected chi connectivity index (χ1v) is 8.09. The topological polar surface area (TPSA) is 48.5 Å². The molecular formula is C18H21FN4O. The molecule has 0 spiro atoms. The minimum atomic E-state index is -0.220. The summed E-state index contributed by atoms with van der Waals surface area (Å²) in [6, 6.07) is 10.4. The van der Waals surface area contributed by atoms with Crippen molar-refractivity contribution in [2.75, 3.05) is 37.6 Å². The van der Waals surface area contributed by atoms with Crippen LogP contribution in [0.25, 0.3) is 0 Å². The highest BCUT2D eigenvalue weighted by Gasteiger charge is 2.19. The Kier molecular flexibility index (Phi) is 5.38. The molecular weight excluding hydrogens is 307 g/mol. The molecule has 2 aromatic rings. The van der Waals surface area contributed by atoms with Crippen LogP contribution in [0.4, 0.5) is 10.1 Å². The van der Waals surface area contributed by atoms with Crippen molar-refractivity contribution in [3.63, 3.8) is 0 Å². The van der Waals surface area contributed by atoms with Gasteiger partial charge in [0.25, 0.3) is 0 Å². The van der Waals surface area contributed by atoms with Gasteiger partial charge in [0.2, 0.25) is 5.91 Å². The summed E-state index contributed by atoms with van der Waals surface area (Å²) in [4.78, 5) is 20.4. The summed E-state index contributed by atoms with van der Waals surface area (Å²) in [5.41, 5.74) is 2.02. The number of hydrogen-bond acceptors (Lipinski definition) is 4. The Hall–Kier alpha value is -2.47. The number of piperazine rings is 1. The number of amides is 1. The lowest BCUT2D eigenvalue weighted by molar-refractivity contribution is -0.122. The van der Waals surface area contributed by atoms with Gasteiger partial charge in [-0.1, -0.05) is 6.07 Å². The maximum Gasteiger partial charge on any atom is 0.234 e. The number of hydrogen-bond donors (Lipinski definition) is 1. The fourth-order valence-corrected chi connectivity index (χ4v) is 2.78. The van der Waals surface area contributed by atoms with Gasteiger partial charge in [-0.15, -0.1) is 0 Å². The second-order valence-corrected chi connectivity index (χ2v) is 5.88. The van der Waals surface area contributed by atoms with Crippen LogP contribution in [0, 0.1) is 5.82 Å². The van der Waals surface area contributed by atoms with Crippen molar-refractivity contribution in [1.29, 1.82) is 0 Å². The zero-order valence-electron chi connectivity index (χ0n) is 13.5. The highest BCUT2D eigenvalue weighted by atomic mass is 19.1. The van der Waals surface area contributed by atoms with Crippen LogP contribution >= 0.6 is 0 Å². The molecule has 24 heavy (non-hydrogen) atoms. The summed E-state index contributed by atoms with van der Waals surface area (Å²) >= 11 is 0. The van der Waals surface area contributed by atoms with E-state index in [1.807, 2.05) is 12.1 Å². The number of benzene rings is 1. The third kappa shape index (κ3) is 4.52. The van der Waals surface area contributed by atoms with Crippen LogP contribution in [0.5, 0.6) is 0 Å². The van der Waals surface area contributed by atoms with Crippen LogP contribution in [0.1, 0.15) is 5.56 Å². The monoisotopic (exact) mass is 328 g/mol. The van der Waals surface area contributed by atoms with Gasteiger partial charge in [0.1, 0.15) is 5.82 Å². The van der Waals surface area contributed by atoms with E-state index < -0.39 is 0 Å². The first kappa shape index (κ1) is 16.4. The molecule has 0 aliphatic carbocycles. The molecule has 1 fully saturated rings. The third-order valence-corrected chi connectivity index (χ3v) is 4.14. The fraction of sp³-hybridized carbons (Fsp3) is 0.333. The summed E-state index contributed by atoms with van der Waals surface area (Å²) in [6.45, 7) is 4.21. The molecule has 1 aromatic carbocycles. The minimum Gasteiger partial charge on any atom is -0.369 e. The lowest BCUT2D eigenvalue weighted by Gasteiger charge is -2.35. The highest BCUT2D eigenvalue weighted by molar-refractivity contribution is 5.78. The number of anilines is 1. The summed E-state index contributed by atoms with van der Waals surface area (Å²) in [7, 11) is 0. The summed E-state index contributed by atoms with van der Waals surface area (Å²) in [5.74, 6) is -0.197. The van der Waals surface area contributed by atoms with E-state index in [2.05, 4.69) is 20.1 Å². The standard InChI is InChI=1S/C18H21FN4O/c19-16-3-5-17(6-4-16)23-10-8-22(9-11-23)14-18(24)21-13-15-2-1-7-20-12-15/h1-7,12H,8-11,13-14H2,(H,21,24). The van der Waals surface area contributed by atoms with E-state index in [1.165, 1.54) is 12.1 Å². The number of carbonyl (C=O) groups excluding carboxylic acids is 1. The van der Waals surface area contributed by atoms with Crippen LogP contribution in [0.15, 0.2) is 48.8 Å². The van der Waals surface area contributed by atoms with Gasteiger partial charge in [0.15, 0.2) is 0 Å². The van der Waals surface area contributed by atoms with Gasteiger partial charge < -0.3 is 10.2 Å². The normalized spacial score (nSPS) is 15.3. The Morgan fingerprint density at radius 3 is 2.54 bits per heavy atom. The van der Waals surface area contributed by atoms with Crippen LogP contribution < -0.4 is 10.2 Å². The van der Waals surface area contributed by atoms with Crippen molar-refractivity contribution in [1.82, 2.24) is 15.2 Å². The number of nitrogens with one attached hydrogen (secondary N) is 1. The first-order chi connectivity index (χ1) is 11.7. The second-order valence-electron chi connectivity index (χ2n) is 5.88. The molecule has 3 rings (SSSR count). The van der Waals surface area contributed by atoms with E-state index in [0.29, 0.717) is 13.1 Å². The average Bonchev–Trinajstić information content (AvgIpc) is 2.62. The lowest BCUT2D eigenvalue weighted by Crippen LogP contribution is -2.49. The molecule has 1 N–H and O–H groups in total. The molecule has 1 saturated heterocycles. The fourth-order valence-electron chi connectivity index (χ4n) is 2.78. The number of halogens is 1. The molecule has 1 aliphatic rings.